The van der Waals surface area contributed by atoms with Crippen LogP contribution in [0.15, 0.2) is 30.3 Å². The molecule has 1 fully saturated rings. The number of hydrogen-bond acceptors (Lipinski definition) is 3. The number of likely N-dealkylation sites (tertiary alicyclic amines) is 1. The monoisotopic (exact) mass is 285 g/mol. The lowest BCUT2D eigenvalue weighted by atomic mass is 9.99. The first-order chi connectivity index (χ1) is 10.2. The average molecular weight is 285 g/mol. The molecule has 21 heavy (non-hydrogen) atoms. The van der Waals surface area contributed by atoms with Crippen LogP contribution in [0.2, 0.25) is 0 Å². The van der Waals surface area contributed by atoms with Crippen molar-refractivity contribution >= 4 is 5.91 Å². The Hall–Kier alpha value is -1.86. The third kappa shape index (κ3) is 4.87. The van der Waals surface area contributed by atoms with Crippen molar-refractivity contribution in [3.8, 4) is 6.07 Å². The van der Waals surface area contributed by atoms with E-state index in [-0.39, 0.29) is 11.9 Å². The van der Waals surface area contributed by atoms with Gasteiger partial charge in [-0.2, -0.15) is 5.26 Å². The van der Waals surface area contributed by atoms with Crippen molar-refractivity contribution in [2.24, 2.45) is 5.92 Å². The molecular weight excluding hydrogens is 262 g/mol. The quantitative estimate of drug-likeness (QED) is 0.869. The molecule has 1 heterocycles. The zero-order valence-electron chi connectivity index (χ0n) is 12.6. The van der Waals surface area contributed by atoms with Crippen molar-refractivity contribution in [2.75, 3.05) is 19.6 Å². The van der Waals surface area contributed by atoms with Crippen LogP contribution in [0, 0.1) is 17.2 Å². The number of rotatable bonds is 6. The number of carbonyl (C=O) groups is 1. The summed E-state index contributed by atoms with van der Waals surface area (Å²) in [6.07, 6.45) is 2.96. The first-order valence-electron chi connectivity index (χ1n) is 7.65. The summed E-state index contributed by atoms with van der Waals surface area (Å²) in [5, 5.41) is 12.2. The van der Waals surface area contributed by atoms with Gasteiger partial charge in [0.15, 0.2) is 0 Å². The molecule has 2 unspecified atom stereocenters. The van der Waals surface area contributed by atoms with Crippen LogP contribution >= 0.6 is 0 Å². The molecule has 1 amide bonds. The fourth-order valence-electron chi connectivity index (χ4n) is 2.79. The Morgan fingerprint density at radius 2 is 2.00 bits per heavy atom. The van der Waals surface area contributed by atoms with Crippen molar-refractivity contribution in [1.82, 2.24) is 10.2 Å². The SMILES string of the molecule is CC(CN1CCCC1)NC(=O)C(C#N)Cc1ccccc1. The summed E-state index contributed by atoms with van der Waals surface area (Å²) in [5.74, 6) is -0.776. The van der Waals surface area contributed by atoms with Crippen molar-refractivity contribution in [3.63, 3.8) is 0 Å². The van der Waals surface area contributed by atoms with Crippen LogP contribution in [0.1, 0.15) is 25.3 Å². The van der Waals surface area contributed by atoms with Gasteiger partial charge in [-0.05, 0) is 44.8 Å². The van der Waals surface area contributed by atoms with Gasteiger partial charge in [-0.1, -0.05) is 30.3 Å². The van der Waals surface area contributed by atoms with Crippen LogP contribution in [-0.2, 0) is 11.2 Å². The van der Waals surface area contributed by atoms with Crippen LogP contribution in [-0.4, -0.2) is 36.5 Å². The highest BCUT2D eigenvalue weighted by Crippen LogP contribution is 2.10. The Morgan fingerprint density at radius 3 is 2.62 bits per heavy atom. The summed E-state index contributed by atoms with van der Waals surface area (Å²) in [7, 11) is 0. The van der Waals surface area contributed by atoms with Gasteiger partial charge in [0.1, 0.15) is 5.92 Å². The van der Waals surface area contributed by atoms with Crippen molar-refractivity contribution in [1.29, 1.82) is 5.26 Å². The Morgan fingerprint density at radius 1 is 1.33 bits per heavy atom. The van der Waals surface area contributed by atoms with E-state index in [9.17, 15) is 10.1 Å². The van der Waals surface area contributed by atoms with E-state index in [4.69, 9.17) is 0 Å². The van der Waals surface area contributed by atoms with Crippen LogP contribution in [0.25, 0.3) is 0 Å². The lowest BCUT2D eigenvalue weighted by molar-refractivity contribution is -0.124. The molecule has 0 radical (unpaired) electrons. The minimum Gasteiger partial charge on any atom is -0.351 e. The highest BCUT2D eigenvalue weighted by molar-refractivity contribution is 5.81. The number of carbonyl (C=O) groups excluding carboxylic acids is 1. The third-order valence-corrected chi connectivity index (χ3v) is 3.87. The first-order valence-corrected chi connectivity index (χ1v) is 7.65. The minimum absolute atomic E-state index is 0.0854. The summed E-state index contributed by atoms with van der Waals surface area (Å²) in [6, 6.07) is 11.9. The molecule has 1 aliphatic rings. The predicted octanol–water partition coefficient (Wildman–Crippen LogP) is 1.97. The van der Waals surface area contributed by atoms with Gasteiger partial charge in [-0.15, -0.1) is 0 Å². The Bertz CT molecular complexity index is 489. The second kappa shape index (κ2) is 7.80. The molecule has 2 atom stereocenters. The maximum Gasteiger partial charge on any atom is 0.237 e. The van der Waals surface area contributed by atoms with E-state index in [1.807, 2.05) is 37.3 Å². The van der Waals surface area contributed by atoms with E-state index in [0.717, 1.165) is 25.2 Å². The van der Waals surface area contributed by atoms with Crippen LogP contribution in [0.4, 0.5) is 0 Å². The summed E-state index contributed by atoms with van der Waals surface area (Å²) in [6.45, 7) is 5.11. The second-order valence-corrected chi connectivity index (χ2v) is 5.79. The molecule has 1 aromatic rings. The zero-order valence-corrected chi connectivity index (χ0v) is 12.6. The van der Waals surface area contributed by atoms with Gasteiger partial charge in [-0.25, -0.2) is 0 Å². The molecule has 1 saturated heterocycles. The molecule has 1 aromatic carbocycles. The van der Waals surface area contributed by atoms with Crippen LogP contribution in [0.5, 0.6) is 0 Å². The molecule has 4 heteroatoms. The maximum absolute atomic E-state index is 12.2. The van der Waals surface area contributed by atoms with Crippen LogP contribution in [0.3, 0.4) is 0 Å². The average Bonchev–Trinajstić information content (AvgIpc) is 2.98. The molecule has 112 valence electrons. The topological polar surface area (TPSA) is 56.1 Å². The molecule has 4 nitrogen and oxygen atoms in total. The summed E-state index contributed by atoms with van der Waals surface area (Å²) < 4.78 is 0. The number of nitriles is 1. The minimum atomic E-state index is -0.617. The highest BCUT2D eigenvalue weighted by atomic mass is 16.1. The van der Waals surface area contributed by atoms with E-state index in [1.165, 1.54) is 12.8 Å². The smallest absolute Gasteiger partial charge is 0.237 e. The van der Waals surface area contributed by atoms with Gasteiger partial charge in [0.25, 0.3) is 0 Å². The molecule has 0 aliphatic carbocycles. The van der Waals surface area contributed by atoms with Gasteiger partial charge in [-0.3, -0.25) is 4.79 Å². The summed E-state index contributed by atoms with van der Waals surface area (Å²) in [5.41, 5.74) is 1.02. The lowest BCUT2D eigenvalue weighted by Gasteiger charge is -2.22. The second-order valence-electron chi connectivity index (χ2n) is 5.79. The predicted molar refractivity (Wildman–Crippen MR) is 82.5 cm³/mol. The molecule has 0 aromatic heterocycles. The number of amides is 1. The van der Waals surface area contributed by atoms with Crippen molar-refractivity contribution in [3.05, 3.63) is 35.9 Å². The lowest BCUT2D eigenvalue weighted by Crippen LogP contribution is -2.43. The molecular formula is C17H23N3O. The van der Waals surface area contributed by atoms with Crippen LogP contribution < -0.4 is 5.32 Å². The van der Waals surface area contributed by atoms with E-state index in [1.54, 1.807) is 0 Å². The van der Waals surface area contributed by atoms with Gasteiger partial charge in [0, 0.05) is 12.6 Å². The fourth-order valence-corrected chi connectivity index (χ4v) is 2.79. The van der Waals surface area contributed by atoms with E-state index < -0.39 is 5.92 Å². The fraction of sp³-hybridized carbons (Fsp3) is 0.529. The van der Waals surface area contributed by atoms with Gasteiger partial charge in [0.05, 0.1) is 6.07 Å². The van der Waals surface area contributed by atoms with Gasteiger partial charge < -0.3 is 10.2 Å². The maximum atomic E-state index is 12.2. The van der Waals surface area contributed by atoms with E-state index >= 15 is 0 Å². The number of benzene rings is 1. The largest absolute Gasteiger partial charge is 0.351 e. The van der Waals surface area contributed by atoms with E-state index in [2.05, 4.69) is 16.3 Å². The van der Waals surface area contributed by atoms with Crippen molar-refractivity contribution in [2.45, 2.75) is 32.2 Å². The number of nitrogens with one attached hydrogen (secondary N) is 1. The molecule has 1 N–H and O–H groups in total. The Labute approximate surface area is 126 Å². The van der Waals surface area contributed by atoms with Crippen molar-refractivity contribution < 1.29 is 4.79 Å². The number of nitrogens with zero attached hydrogens (tertiary/aromatic N) is 2. The molecule has 0 saturated carbocycles. The Balaban J connectivity index is 1.83. The zero-order chi connectivity index (χ0) is 15.1. The molecule has 1 aliphatic heterocycles. The van der Waals surface area contributed by atoms with Gasteiger partial charge in [0.2, 0.25) is 5.91 Å². The standard InChI is InChI=1S/C17H23N3O/c1-14(13-20-9-5-6-10-20)19-17(21)16(12-18)11-15-7-3-2-4-8-15/h2-4,7-8,14,16H,5-6,9-11,13H2,1H3,(H,19,21). The summed E-state index contributed by atoms with van der Waals surface area (Å²) >= 11 is 0. The van der Waals surface area contributed by atoms with E-state index in [0.29, 0.717) is 6.42 Å². The third-order valence-electron chi connectivity index (χ3n) is 3.87. The molecule has 0 spiro atoms. The summed E-state index contributed by atoms with van der Waals surface area (Å²) in [4.78, 5) is 14.6. The molecule has 0 bridgehead atoms. The normalized spacial score (nSPS) is 17.9. The Kier molecular flexibility index (Phi) is 5.77. The number of hydrogen-bond donors (Lipinski definition) is 1. The van der Waals surface area contributed by atoms with Gasteiger partial charge >= 0.3 is 0 Å². The highest BCUT2D eigenvalue weighted by Gasteiger charge is 2.21. The first kappa shape index (κ1) is 15.5. The molecule has 2 rings (SSSR count).